The standard InChI is InChI=1S/C16H15BrF3N/c1-2-8-21-16(11-7-6-10(17)9-14(11)19)12-4-3-5-13(18)15(12)20/h3-7,9,16,21H,2,8H2,1H3. The molecule has 0 saturated carbocycles. The van der Waals surface area contributed by atoms with E-state index in [2.05, 4.69) is 21.2 Å². The molecular weight excluding hydrogens is 343 g/mol. The summed E-state index contributed by atoms with van der Waals surface area (Å²) in [5.41, 5.74) is 0.390. The van der Waals surface area contributed by atoms with Crippen LogP contribution in [0, 0.1) is 17.5 Å². The van der Waals surface area contributed by atoms with Crippen molar-refractivity contribution in [1.82, 2.24) is 5.32 Å². The molecular formula is C16H15BrF3N. The number of hydrogen-bond acceptors (Lipinski definition) is 1. The highest BCUT2D eigenvalue weighted by Gasteiger charge is 2.22. The summed E-state index contributed by atoms with van der Waals surface area (Å²) >= 11 is 3.19. The fourth-order valence-electron chi connectivity index (χ4n) is 2.16. The molecule has 0 aromatic heterocycles. The molecule has 0 amide bonds. The Hall–Kier alpha value is -1.33. The van der Waals surface area contributed by atoms with E-state index in [0.29, 0.717) is 11.0 Å². The van der Waals surface area contributed by atoms with Gasteiger partial charge in [-0.05, 0) is 31.2 Å². The fraction of sp³-hybridized carbons (Fsp3) is 0.250. The molecule has 0 aliphatic carbocycles. The Balaban J connectivity index is 2.49. The van der Waals surface area contributed by atoms with Crippen LogP contribution in [0.2, 0.25) is 0 Å². The van der Waals surface area contributed by atoms with Crippen molar-refractivity contribution >= 4 is 15.9 Å². The van der Waals surface area contributed by atoms with Crippen molar-refractivity contribution in [3.05, 3.63) is 69.4 Å². The van der Waals surface area contributed by atoms with Gasteiger partial charge < -0.3 is 5.32 Å². The maximum absolute atomic E-state index is 14.2. The second-order valence-corrected chi connectivity index (χ2v) is 5.61. The molecule has 5 heteroatoms. The van der Waals surface area contributed by atoms with Crippen LogP contribution in [0.5, 0.6) is 0 Å². The van der Waals surface area contributed by atoms with Gasteiger partial charge >= 0.3 is 0 Å². The molecule has 0 heterocycles. The zero-order valence-corrected chi connectivity index (χ0v) is 13.1. The van der Waals surface area contributed by atoms with Crippen LogP contribution in [0.4, 0.5) is 13.2 Å². The molecule has 1 atom stereocenters. The van der Waals surface area contributed by atoms with Crippen LogP contribution in [0.3, 0.4) is 0 Å². The minimum absolute atomic E-state index is 0.102. The zero-order chi connectivity index (χ0) is 15.4. The van der Waals surface area contributed by atoms with Gasteiger partial charge in [0.1, 0.15) is 5.82 Å². The average molecular weight is 358 g/mol. The summed E-state index contributed by atoms with van der Waals surface area (Å²) in [5.74, 6) is -2.36. The van der Waals surface area contributed by atoms with E-state index < -0.39 is 23.5 Å². The van der Waals surface area contributed by atoms with Gasteiger partial charge in [-0.2, -0.15) is 0 Å². The molecule has 2 aromatic rings. The number of rotatable bonds is 5. The number of nitrogens with one attached hydrogen (secondary N) is 1. The molecule has 2 aromatic carbocycles. The van der Waals surface area contributed by atoms with Gasteiger partial charge in [-0.1, -0.05) is 41.1 Å². The van der Waals surface area contributed by atoms with Gasteiger partial charge in [-0.3, -0.25) is 0 Å². The van der Waals surface area contributed by atoms with Crippen LogP contribution < -0.4 is 5.32 Å². The highest BCUT2D eigenvalue weighted by Crippen LogP contribution is 2.29. The van der Waals surface area contributed by atoms with Gasteiger partial charge in [-0.25, -0.2) is 13.2 Å². The van der Waals surface area contributed by atoms with E-state index in [-0.39, 0.29) is 11.1 Å². The van der Waals surface area contributed by atoms with Gasteiger partial charge in [0, 0.05) is 15.6 Å². The lowest BCUT2D eigenvalue weighted by atomic mass is 9.97. The monoisotopic (exact) mass is 357 g/mol. The predicted octanol–water partition coefficient (Wildman–Crippen LogP) is 4.96. The third kappa shape index (κ3) is 3.66. The summed E-state index contributed by atoms with van der Waals surface area (Å²) in [5, 5.41) is 3.07. The van der Waals surface area contributed by atoms with Crippen LogP contribution in [0.15, 0.2) is 40.9 Å². The van der Waals surface area contributed by atoms with E-state index in [1.54, 1.807) is 12.1 Å². The number of benzene rings is 2. The fourth-order valence-corrected chi connectivity index (χ4v) is 2.49. The zero-order valence-electron chi connectivity index (χ0n) is 11.5. The van der Waals surface area contributed by atoms with Crippen molar-refractivity contribution in [2.45, 2.75) is 19.4 Å². The quantitative estimate of drug-likeness (QED) is 0.797. The lowest BCUT2D eigenvalue weighted by molar-refractivity contribution is 0.474. The smallest absolute Gasteiger partial charge is 0.163 e. The molecule has 0 fully saturated rings. The lowest BCUT2D eigenvalue weighted by Gasteiger charge is -2.21. The number of hydrogen-bond donors (Lipinski definition) is 1. The second-order valence-electron chi connectivity index (χ2n) is 4.70. The van der Waals surface area contributed by atoms with Crippen molar-refractivity contribution in [2.24, 2.45) is 0 Å². The molecule has 21 heavy (non-hydrogen) atoms. The molecule has 1 unspecified atom stereocenters. The van der Waals surface area contributed by atoms with Gasteiger partial charge in [-0.15, -0.1) is 0 Å². The first-order valence-electron chi connectivity index (χ1n) is 6.66. The van der Waals surface area contributed by atoms with E-state index in [1.807, 2.05) is 6.92 Å². The molecule has 0 radical (unpaired) electrons. The Kier molecular flexibility index (Phi) is 5.42. The van der Waals surface area contributed by atoms with Gasteiger partial charge in [0.05, 0.1) is 6.04 Å². The van der Waals surface area contributed by atoms with E-state index in [9.17, 15) is 13.2 Å². The summed E-state index contributed by atoms with van der Waals surface area (Å²) in [7, 11) is 0. The normalized spacial score (nSPS) is 12.4. The topological polar surface area (TPSA) is 12.0 Å². The molecule has 1 N–H and O–H groups in total. The van der Waals surface area contributed by atoms with Crippen LogP contribution in [0.25, 0.3) is 0 Å². The minimum atomic E-state index is -0.951. The molecule has 2 rings (SSSR count). The maximum Gasteiger partial charge on any atom is 0.163 e. The Morgan fingerprint density at radius 1 is 1.05 bits per heavy atom. The Morgan fingerprint density at radius 2 is 1.81 bits per heavy atom. The summed E-state index contributed by atoms with van der Waals surface area (Å²) in [6.45, 7) is 2.51. The van der Waals surface area contributed by atoms with Gasteiger partial charge in [0.25, 0.3) is 0 Å². The SMILES string of the molecule is CCCNC(c1ccc(Br)cc1F)c1cccc(F)c1F. The third-order valence-electron chi connectivity index (χ3n) is 3.16. The van der Waals surface area contributed by atoms with E-state index >= 15 is 0 Å². The summed E-state index contributed by atoms with van der Waals surface area (Å²) < 4.78 is 42.2. The first-order chi connectivity index (χ1) is 10.0. The summed E-state index contributed by atoms with van der Waals surface area (Å²) in [6, 6.07) is 7.76. The number of halogens is 4. The first kappa shape index (κ1) is 16.0. The van der Waals surface area contributed by atoms with E-state index in [1.165, 1.54) is 18.2 Å². The van der Waals surface area contributed by atoms with Crippen molar-refractivity contribution in [2.75, 3.05) is 6.54 Å². The van der Waals surface area contributed by atoms with Crippen LogP contribution in [-0.2, 0) is 0 Å². The minimum Gasteiger partial charge on any atom is -0.306 e. The van der Waals surface area contributed by atoms with Crippen molar-refractivity contribution in [1.29, 1.82) is 0 Å². The largest absolute Gasteiger partial charge is 0.306 e. The molecule has 0 spiro atoms. The second kappa shape index (κ2) is 7.09. The first-order valence-corrected chi connectivity index (χ1v) is 7.46. The third-order valence-corrected chi connectivity index (χ3v) is 3.66. The molecule has 1 nitrogen and oxygen atoms in total. The molecule has 0 saturated heterocycles. The predicted molar refractivity (Wildman–Crippen MR) is 80.6 cm³/mol. The highest BCUT2D eigenvalue weighted by atomic mass is 79.9. The van der Waals surface area contributed by atoms with Gasteiger partial charge in [0.15, 0.2) is 11.6 Å². The summed E-state index contributed by atoms with van der Waals surface area (Å²) in [4.78, 5) is 0. The van der Waals surface area contributed by atoms with E-state index in [4.69, 9.17) is 0 Å². The highest BCUT2D eigenvalue weighted by molar-refractivity contribution is 9.10. The Bertz CT molecular complexity index is 631. The van der Waals surface area contributed by atoms with Crippen molar-refractivity contribution in [3.8, 4) is 0 Å². The maximum atomic E-state index is 14.2. The molecule has 112 valence electrons. The van der Waals surface area contributed by atoms with Crippen LogP contribution >= 0.6 is 15.9 Å². The van der Waals surface area contributed by atoms with E-state index in [0.717, 1.165) is 12.5 Å². The van der Waals surface area contributed by atoms with Gasteiger partial charge in [0.2, 0.25) is 0 Å². The molecule has 0 aliphatic rings. The average Bonchev–Trinajstić information content (AvgIpc) is 2.45. The molecule has 0 aliphatic heterocycles. The molecule has 0 bridgehead atoms. The summed E-state index contributed by atoms with van der Waals surface area (Å²) in [6.07, 6.45) is 0.797. The Labute approximate surface area is 130 Å². The van der Waals surface area contributed by atoms with Crippen LogP contribution in [-0.4, -0.2) is 6.54 Å². The van der Waals surface area contributed by atoms with Crippen molar-refractivity contribution in [3.63, 3.8) is 0 Å². The Morgan fingerprint density at radius 3 is 2.48 bits per heavy atom. The van der Waals surface area contributed by atoms with Crippen LogP contribution in [0.1, 0.15) is 30.5 Å². The van der Waals surface area contributed by atoms with Crippen molar-refractivity contribution < 1.29 is 13.2 Å². The lowest BCUT2D eigenvalue weighted by Crippen LogP contribution is -2.25.